The van der Waals surface area contributed by atoms with Crippen LogP contribution in [0.5, 0.6) is 0 Å². The first-order chi connectivity index (χ1) is 14.4. The van der Waals surface area contributed by atoms with Crippen molar-refractivity contribution in [2.75, 3.05) is 24.5 Å². The molecule has 1 unspecified atom stereocenters. The number of aryl methyl sites for hydroxylation is 1. The highest BCUT2D eigenvalue weighted by Gasteiger charge is 2.28. The van der Waals surface area contributed by atoms with Crippen LogP contribution in [0.4, 0.5) is 5.82 Å². The first kappa shape index (κ1) is 20.3. The fourth-order valence-electron chi connectivity index (χ4n) is 3.78. The average Bonchev–Trinajstić information content (AvgIpc) is 3.18. The predicted molar refractivity (Wildman–Crippen MR) is 112 cm³/mol. The third-order valence-electron chi connectivity index (χ3n) is 5.29. The highest BCUT2D eigenvalue weighted by molar-refractivity contribution is 7.90. The maximum absolute atomic E-state index is 13.2. The standard InChI is InChI=1S/C20H23N5O4S/c1-14-4-6-16(7-5-14)30(28,29)25-10-8-17-19(22-13-23-20(17)25)24(12-18(26)27)15-3-2-9-21-11-15/h4-8,10,13,15,21H,2-3,9,11-12H2,1H3,(H,26,27). The van der Waals surface area contributed by atoms with Crippen LogP contribution in [-0.4, -0.2) is 59.1 Å². The van der Waals surface area contributed by atoms with E-state index in [1.165, 1.54) is 12.5 Å². The second-order valence-electron chi connectivity index (χ2n) is 7.39. The third-order valence-corrected chi connectivity index (χ3v) is 6.97. The van der Waals surface area contributed by atoms with E-state index < -0.39 is 16.0 Å². The van der Waals surface area contributed by atoms with Crippen LogP contribution in [0.2, 0.25) is 0 Å². The van der Waals surface area contributed by atoms with Gasteiger partial charge in [-0.15, -0.1) is 0 Å². The summed E-state index contributed by atoms with van der Waals surface area (Å²) in [5.74, 6) is -0.548. The first-order valence-electron chi connectivity index (χ1n) is 9.71. The molecule has 1 saturated heterocycles. The number of carboxylic acid groups (broad SMARTS) is 1. The van der Waals surface area contributed by atoms with Crippen molar-refractivity contribution in [3.63, 3.8) is 0 Å². The van der Waals surface area contributed by atoms with Gasteiger partial charge in [0.25, 0.3) is 10.0 Å². The third kappa shape index (κ3) is 3.75. The molecule has 2 N–H and O–H groups in total. The number of hydrogen-bond donors (Lipinski definition) is 2. The van der Waals surface area contributed by atoms with Gasteiger partial charge in [-0.05, 0) is 44.5 Å². The highest BCUT2D eigenvalue weighted by Crippen LogP contribution is 2.29. The summed E-state index contributed by atoms with van der Waals surface area (Å²) in [6, 6.07) is 8.17. The molecule has 30 heavy (non-hydrogen) atoms. The number of nitrogens with zero attached hydrogens (tertiary/aromatic N) is 4. The molecule has 0 radical (unpaired) electrons. The molecule has 158 valence electrons. The maximum Gasteiger partial charge on any atom is 0.323 e. The fraction of sp³-hybridized carbons (Fsp3) is 0.350. The van der Waals surface area contributed by atoms with Gasteiger partial charge < -0.3 is 15.3 Å². The molecular formula is C20H23N5O4S. The summed E-state index contributed by atoms with van der Waals surface area (Å²) in [5, 5.41) is 13.2. The van der Waals surface area contributed by atoms with Crippen molar-refractivity contribution in [1.29, 1.82) is 0 Å². The zero-order valence-corrected chi connectivity index (χ0v) is 17.3. The van der Waals surface area contributed by atoms with Crippen molar-refractivity contribution in [3.8, 4) is 0 Å². The lowest BCUT2D eigenvalue weighted by atomic mass is 10.1. The summed E-state index contributed by atoms with van der Waals surface area (Å²) in [7, 11) is -3.85. The Morgan fingerprint density at radius 1 is 1.27 bits per heavy atom. The number of piperidine rings is 1. The fourth-order valence-corrected chi connectivity index (χ4v) is 5.08. The topological polar surface area (TPSA) is 117 Å². The maximum atomic E-state index is 13.2. The van der Waals surface area contributed by atoms with Gasteiger partial charge in [-0.1, -0.05) is 17.7 Å². The number of carbonyl (C=O) groups is 1. The molecular weight excluding hydrogens is 406 g/mol. The van der Waals surface area contributed by atoms with Crippen molar-refractivity contribution < 1.29 is 18.3 Å². The van der Waals surface area contributed by atoms with Gasteiger partial charge in [0.1, 0.15) is 18.7 Å². The van der Waals surface area contributed by atoms with E-state index in [0.717, 1.165) is 28.9 Å². The Hall–Kier alpha value is -2.98. The largest absolute Gasteiger partial charge is 0.480 e. The van der Waals surface area contributed by atoms with E-state index in [1.54, 1.807) is 35.2 Å². The number of anilines is 1. The molecule has 0 amide bonds. The van der Waals surface area contributed by atoms with E-state index >= 15 is 0 Å². The molecule has 2 aromatic heterocycles. The van der Waals surface area contributed by atoms with E-state index in [4.69, 9.17) is 0 Å². The minimum Gasteiger partial charge on any atom is -0.480 e. The van der Waals surface area contributed by atoms with E-state index in [-0.39, 0.29) is 23.1 Å². The molecule has 3 heterocycles. The van der Waals surface area contributed by atoms with Crippen LogP contribution in [-0.2, 0) is 14.8 Å². The van der Waals surface area contributed by atoms with Crippen LogP contribution in [0.3, 0.4) is 0 Å². The number of rotatable bonds is 6. The van der Waals surface area contributed by atoms with E-state index in [9.17, 15) is 18.3 Å². The molecule has 0 bridgehead atoms. The molecule has 1 atom stereocenters. The van der Waals surface area contributed by atoms with Crippen LogP contribution in [0.15, 0.2) is 47.8 Å². The van der Waals surface area contributed by atoms with Gasteiger partial charge >= 0.3 is 5.97 Å². The summed E-state index contributed by atoms with van der Waals surface area (Å²) in [4.78, 5) is 21.9. The van der Waals surface area contributed by atoms with Crippen molar-refractivity contribution >= 4 is 32.8 Å². The van der Waals surface area contributed by atoms with Crippen LogP contribution in [0, 0.1) is 6.92 Å². The average molecular weight is 430 g/mol. The number of fused-ring (bicyclic) bond motifs is 1. The minimum atomic E-state index is -3.85. The monoisotopic (exact) mass is 429 g/mol. The van der Waals surface area contributed by atoms with Crippen molar-refractivity contribution in [2.24, 2.45) is 0 Å². The van der Waals surface area contributed by atoms with Crippen LogP contribution >= 0.6 is 0 Å². The Morgan fingerprint density at radius 3 is 2.70 bits per heavy atom. The number of carboxylic acids is 1. The van der Waals surface area contributed by atoms with Crippen molar-refractivity contribution in [1.82, 2.24) is 19.3 Å². The Kier molecular flexibility index (Phi) is 5.44. The minimum absolute atomic E-state index is 0.0509. The lowest BCUT2D eigenvalue weighted by Crippen LogP contribution is -2.48. The first-order valence-corrected chi connectivity index (χ1v) is 11.2. The summed E-state index contributed by atoms with van der Waals surface area (Å²) in [6.07, 6.45) is 4.48. The van der Waals surface area contributed by atoms with Gasteiger partial charge in [-0.3, -0.25) is 4.79 Å². The molecule has 1 aliphatic heterocycles. The summed E-state index contributed by atoms with van der Waals surface area (Å²) >= 11 is 0. The Bertz CT molecular complexity index is 1170. The van der Waals surface area contributed by atoms with E-state index in [0.29, 0.717) is 17.7 Å². The van der Waals surface area contributed by atoms with Gasteiger partial charge in [0, 0.05) is 18.8 Å². The Morgan fingerprint density at radius 2 is 2.03 bits per heavy atom. The highest BCUT2D eigenvalue weighted by atomic mass is 32.2. The normalized spacial score (nSPS) is 17.2. The molecule has 0 spiro atoms. The van der Waals surface area contributed by atoms with Crippen molar-refractivity contribution in [2.45, 2.75) is 30.7 Å². The number of aliphatic carboxylic acids is 1. The molecule has 1 aliphatic rings. The van der Waals surface area contributed by atoms with Crippen LogP contribution in [0.25, 0.3) is 11.0 Å². The molecule has 1 aromatic carbocycles. The smallest absolute Gasteiger partial charge is 0.323 e. The Labute approximate surface area is 174 Å². The van der Waals surface area contributed by atoms with Gasteiger partial charge in [-0.25, -0.2) is 22.4 Å². The van der Waals surface area contributed by atoms with Gasteiger partial charge in [0.2, 0.25) is 0 Å². The van der Waals surface area contributed by atoms with Gasteiger partial charge in [0.15, 0.2) is 5.65 Å². The summed E-state index contributed by atoms with van der Waals surface area (Å²) in [5.41, 5.74) is 1.18. The van der Waals surface area contributed by atoms with Crippen molar-refractivity contribution in [3.05, 3.63) is 48.4 Å². The quantitative estimate of drug-likeness (QED) is 0.607. The second-order valence-corrected chi connectivity index (χ2v) is 9.20. The molecule has 4 rings (SSSR count). The SMILES string of the molecule is Cc1ccc(S(=O)(=O)n2ccc3c(N(CC(=O)O)C4CCCNC4)ncnc32)cc1. The van der Waals surface area contributed by atoms with E-state index in [1.807, 2.05) is 6.92 Å². The summed E-state index contributed by atoms with van der Waals surface area (Å²) < 4.78 is 27.5. The number of nitrogens with one attached hydrogen (secondary N) is 1. The van der Waals surface area contributed by atoms with Gasteiger partial charge in [0.05, 0.1) is 10.3 Å². The van der Waals surface area contributed by atoms with Crippen LogP contribution in [0.1, 0.15) is 18.4 Å². The van der Waals surface area contributed by atoms with Gasteiger partial charge in [-0.2, -0.15) is 0 Å². The number of aromatic nitrogens is 3. The molecule has 3 aromatic rings. The number of benzene rings is 1. The van der Waals surface area contributed by atoms with E-state index in [2.05, 4.69) is 15.3 Å². The Balaban J connectivity index is 1.80. The molecule has 9 nitrogen and oxygen atoms in total. The predicted octanol–water partition coefficient (Wildman–Crippen LogP) is 1.62. The molecule has 0 aliphatic carbocycles. The summed E-state index contributed by atoms with van der Waals surface area (Å²) in [6.45, 7) is 3.19. The molecule has 10 heteroatoms. The zero-order chi connectivity index (χ0) is 21.3. The number of hydrogen-bond acceptors (Lipinski definition) is 7. The molecule has 0 saturated carbocycles. The lowest BCUT2D eigenvalue weighted by molar-refractivity contribution is -0.135. The second kappa shape index (κ2) is 8.04. The zero-order valence-electron chi connectivity index (χ0n) is 16.5. The van der Waals surface area contributed by atoms with Crippen LogP contribution < -0.4 is 10.2 Å². The lowest BCUT2D eigenvalue weighted by Gasteiger charge is -2.34. The molecule has 1 fully saturated rings.